The Labute approximate surface area is 205 Å². The minimum atomic E-state index is -0.909. The minimum absolute atomic E-state index is 0.0118. The van der Waals surface area contributed by atoms with E-state index in [2.05, 4.69) is 26.8 Å². The second-order valence-electron chi connectivity index (χ2n) is 9.18. The van der Waals surface area contributed by atoms with Gasteiger partial charge in [-0.3, -0.25) is 4.90 Å². The summed E-state index contributed by atoms with van der Waals surface area (Å²) in [6.45, 7) is 6.70. The number of methoxy groups -OCH3 is 2. The monoisotopic (exact) mass is 475 g/mol. The second-order valence-corrected chi connectivity index (χ2v) is 9.18. The molecule has 1 unspecified atom stereocenters. The molecule has 0 aromatic heterocycles. The molecule has 1 heterocycles. The number of ether oxygens (including phenoxy) is 3. The summed E-state index contributed by atoms with van der Waals surface area (Å²) in [5, 5.41) is 10.1. The zero-order chi connectivity index (χ0) is 25.8. The van der Waals surface area contributed by atoms with E-state index in [0.717, 1.165) is 0 Å². The molecule has 8 nitrogen and oxygen atoms in total. The standard InChI is InChI=1S/C27H29N3O5/c1-27(2,3)16-35-19-13-11-18(12-14-19)30-23(26(32)34-5)22(25(31)33-4)21(20(15-28)24(30)29)17-9-7-6-8-10-17/h6-14,21H,16,29H2,1-5H3. The van der Waals surface area contributed by atoms with Crippen molar-refractivity contribution in [2.75, 3.05) is 25.7 Å². The van der Waals surface area contributed by atoms with Crippen LogP contribution in [0.4, 0.5) is 5.69 Å². The minimum Gasteiger partial charge on any atom is -0.493 e. The molecule has 0 saturated carbocycles. The highest BCUT2D eigenvalue weighted by Gasteiger charge is 2.42. The third-order valence-corrected chi connectivity index (χ3v) is 5.38. The first-order valence-corrected chi connectivity index (χ1v) is 11.0. The Bertz CT molecular complexity index is 1200. The van der Waals surface area contributed by atoms with E-state index in [9.17, 15) is 14.9 Å². The molecule has 0 aliphatic carbocycles. The molecule has 0 saturated heterocycles. The number of nitrogens with two attached hydrogens (primary N) is 1. The fourth-order valence-corrected chi connectivity index (χ4v) is 3.77. The maximum atomic E-state index is 13.1. The second kappa shape index (κ2) is 10.3. The Morgan fingerprint density at radius 1 is 1.00 bits per heavy atom. The third-order valence-electron chi connectivity index (χ3n) is 5.38. The summed E-state index contributed by atoms with van der Waals surface area (Å²) < 4.78 is 15.9. The highest BCUT2D eigenvalue weighted by molar-refractivity contribution is 6.06. The average Bonchev–Trinajstić information content (AvgIpc) is 2.86. The van der Waals surface area contributed by atoms with Crippen molar-refractivity contribution in [3.8, 4) is 11.8 Å². The summed E-state index contributed by atoms with van der Waals surface area (Å²) in [4.78, 5) is 27.5. The van der Waals surface area contributed by atoms with Crippen molar-refractivity contribution >= 4 is 17.6 Å². The first-order valence-electron chi connectivity index (χ1n) is 11.0. The van der Waals surface area contributed by atoms with Gasteiger partial charge in [-0.1, -0.05) is 51.1 Å². The van der Waals surface area contributed by atoms with Gasteiger partial charge in [0.2, 0.25) is 0 Å². The molecule has 0 fully saturated rings. The van der Waals surface area contributed by atoms with E-state index in [1.807, 2.05) is 6.07 Å². The maximum Gasteiger partial charge on any atom is 0.355 e. The van der Waals surface area contributed by atoms with Gasteiger partial charge in [-0.25, -0.2) is 9.59 Å². The molecule has 0 bridgehead atoms. The number of carbonyl (C=O) groups excluding carboxylic acids is 2. The molecule has 2 aromatic rings. The van der Waals surface area contributed by atoms with E-state index >= 15 is 0 Å². The summed E-state index contributed by atoms with van der Waals surface area (Å²) in [7, 11) is 2.43. The van der Waals surface area contributed by atoms with Crippen LogP contribution >= 0.6 is 0 Å². The van der Waals surface area contributed by atoms with Crippen LogP contribution in [0.2, 0.25) is 0 Å². The van der Waals surface area contributed by atoms with E-state index < -0.39 is 17.9 Å². The lowest BCUT2D eigenvalue weighted by molar-refractivity contribution is -0.139. The number of allylic oxidation sites excluding steroid dienone is 1. The molecule has 3 rings (SSSR count). The van der Waals surface area contributed by atoms with Gasteiger partial charge < -0.3 is 19.9 Å². The zero-order valence-electron chi connectivity index (χ0n) is 20.5. The van der Waals surface area contributed by atoms with E-state index in [1.54, 1.807) is 48.5 Å². The molecule has 1 aliphatic heterocycles. The molecule has 35 heavy (non-hydrogen) atoms. The fraction of sp³-hybridized carbons (Fsp3) is 0.296. The van der Waals surface area contributed by atoms with Gasteiger partial charge in [0.05, 0.1) is 44.0 Å². The van der Waals surface area contributed by atoms with Gasteiger partial charge in [-0.2, -0.15) is 5.26 Å². The van der Waals surface area contributed by atoms with Crippen molar-refractivity contribution in [3.63, 3.8) is 0 Å². The summed E-state index contributed by atoms with van der Waals surface area (Å²) in [6.07, 6.45) is 0. The van der Waals surface area contributed by atoms with Crippen molar-refractivity contribution in [1.29, 1.82) is 5.26 Å². The Morgan fingerprint density at radius 3 is 2.11 bits per heavy atom. The molecule has 8 heteroatoms. The van der Waals surface area contributed by atoms with E-state index in [4.69, 9.17) is 19.9 Å². The SMILES string of the molecule is COC(=O)C1=C(C(=O)OC)N(c2ccc(OCC(C)(C)C)cc2)C(N)=C(C#N)C1c1ccccc1. The first kappa shape index (κ1) is 25.4. The summed E-state index contributed by atoms with van der Waals surface area (Å²) in [5.41, 5.74) is 7.48. The Hall–Kier alpha value is -4.25. The molecular weight excluding hydrogens is 446 g/mol. The van der Waals surface area contributed by atoms with Gasteiger partial charge >= 0.3 is 11.9 Å². The highest BCUT2D eigenvalue weighted by atomic mass is 16.5. The predicted molar refractivity (Wildman–Crippen MR) is 131 cm³/mol. The number of hydrogen-bond donors (Lipinski definition) is 1. The Balaban J connectivity index is 2.22. The van der Waals surface area contributed by atoms with Crippen LogP contribution in [-0.4, -0.2) is 32.8 Å². The largest absolute Gasteiger partial charge is 0.493 e. The molecule has 0 amide bonds. The normalized spacial score (nSPS) is 16.0. The third kappa shape index (κ3) is 5.30. The summed E-state index contributed by atoms with van der Waals surface area (Å²) >= 11 is 0. The number of carbonyl (C=O) groups is 2. The summed E-state index contributed by atoms with van der Waals surface area (Å²) in [5.74, 6) is -1.83. The zero-order valence-corrected chi connectivity index (χ0v) is 20.5. The van der Waals surface area contributed by atoms with Gasteiger partial charge in [-0.15, -0.1) is 0 Å². The average molecular weight is 476 g/mol. The van der Waals surface area contributed by atoms with Crippen LogP contribution in [0.3, 0.4) is 0 Å². The number of esters is 2. The smallest absolute Gasteiger partial charge is 0.355 e. The quantitative estimate of drug-likeness (QED) is 0.623. The van der Waals surface area contributed by atoms with Crippen molar-refractivity contribution in [2.24, 2.45) is 11.1 Å². The molecule has 182 valence electrons. The predicted octanol–water partition coefficient (Wildman–Crippen LogP) is 4.01. The molecule has 2 aromatic carbocycles. The van der Waals surface area contributed by atoms with Gasteiger partial charge in [-0.05, 0) is 35.2 Å². The van der Waals surface area contributed by atoms with Crippen LogP contribution in [0.15, 0.2) is 77.3 Å². The topological polar surface area (TPSA) is 115 Å². The molecule has 1 atom stereocenters. The molecule has 0 spiro atoms. The molecular formula is C27H29N3O5. The van der Waals surface area contributed by atoms with E-state index in [1.165, 1.54) is 19.1 Å². The van der Waals surface area contributed by atoms with Crippen LogP contribution in [0, 0.1) is 16.7 Å². The number of hydrogen-bond acceptors (Lipinski definition) is 8. The first-order chi connectivity index (χ1) is 16.6. The van der Waals surface area contributed by atoms with Crippen molar-refractivity contribution in [3.05, 3.63) is 82.8 Å². The van der Waals surface area contributed by atoms with Gasteiger partial charge in [0.1, 0.15) is 17.3 Å². The number of nitriles is 1. The van der Waals surface area contributed by atoms with Gasteiger partial charge in [0.25, 0.3) is 0 Å². The lowest BCUT2D eigenvalue weighted by atomic mass is 9.81. The molecule has 2 N–H and O–H groups in total. The van der Waals surface area contributed by atoms with Crippen LogP contribution < -0.4 is 15.4 Å². The molecule has 0 radical (unpaired) electrons. The lowest BCUT2D eigenvalue weighted by Crippen LogP contribution is -2.40. The van der Waals surface area contributed by atoms with Crippen molar-refractivity contribution < 1.29 is 23.8 Å². The number of benzene rings is 2. The van der Waals surface area contributed by atoms with Crippen molar-refractivity contribution in [1.82, 2.24) is 0 Å². The molecule has 1 aliphatic rings. The van der Waals surface area contributed by atoms with E-state index in [0.29, 0.717) is 23.6 Å². The van der Waals surface area contributed by atoms with Gasteiger partial charge in [0.15, 0.2) is 0 Å². The number of rotatable bonds is 6. The maximum absolute atomic E-state index is 13.1. The summed E-state index contributed by atoms with van der Waals surface area (Å²) in [6, 6.07) is 17.9. The highest BCUT2D eigenvalue weighted by Crippen LogP contribution is 2.43. The van der Waals surface area contributed by atoms with Crippen LogP contribution in [0.5, 0.6) is 5.75 Å². The Kier molecular flexibility index (Phi) is 7.50. The number of nitrogens with zero attached hydrogens (tertiary/aromatic N) is 2. The van der Waals surface area contributed by atoms with Crippen LogP contribution in [0.1, 0.15) is 32.3 Å². The van der Waals surface area contributed by atoms with Crippen LogP contribution in [-0.2, 0) is 19.1 Å². The van der Waals surface area contributed by atoms with E-state index in [-0.39, 0.29) is 28.1 Å². The number of anilines is 1. The van der Waals surface area contributed by atoms with Crippen LogP contribution in [0.25, 0.3) is 0 Å². The fourth-order valence-electron chi connectivity index (χ4n) is 3.77. The lowest BCUT2D eigenvalue weighted by Gasteiger charge is -2.35. The van der Waals surface area contributed by atoms with Crippen molar-refractivity contribution in [2.45, 2.75) is 26.7 Å². The van der Waals surface area contributed by atoms with Gasteiger partial charge in [0, 0.05) is 5.69 Å². The Morgan fingerprint density at radius 2 is 1.60 bits per heavy atom.